The predicted molar refractivity (Wildman–Crippen MR) is 72.7 cm³/mol. The lowest BCUT2D eigenvalue weighted by atomic mass is 9.90. The van der Waals surface area contributed by atoms with Gasteiger partial charge in [0.15, 0.2) is 0 Å². The molecule has 1 aliphatic carbocycles. The molecule has 6 heteroatoms. The Hall–Kier alpha value is -1.56. The highest BCUT2D eigenvalue weighted by Gasteiger charge is 2.37. The van der Waals surface area contributed by atoms with Crippen molar-refractivity contribution in [3.63, 3.8) is 0 Å². The van der Waals surface area contributed by atoms with Crippen LogP contribution in [0.4, 0.5) is 0 Å². The third-order valence-electron chi connectivity index (χ3n) is 4.06. The molecule has 0 radical (unpaired) electrons. The van der Waals surface area contributed by atoms with Crippen LogP contribution in [0.3, 0.4) is 0 Å². The predicted octanol–water partition coefficient (Wildman–Crippen LogP) is 0.766. The van der Waals surface area contributed by atoms with Crippen molar-refractivity contribution in [2.24, 2.45) is 11.7 Å². The number of hydrogen-bond donors (Lipinski definition) is 3. The molecule has 0 aromatic carbocycles. The number of carbonyl (C=O) groups is 2. The van der Waals surface area contributed by atoms with Gasteiger partial charge in [0.05, 0.1) is 12.1 Å². The molecular formula is C14H22N2O4. The van der Waals surface area contributed by atoms with E-state index in [4.69, 9.17) is 15.6 Å². The van der Waals surface area contributed by atoms with E-state index in [2.05, 4.69) is 5.32 Å². The summed E-state index contributed by atoms with van der Waals surface area (Å²) in [4.78, 5) is 22.4. The summed E-state index contributed by atoms with van der Waals surface area (Å²) < 4.78 is 5.56. The van der Waals surface area contributed by atoms with E-state index in [9.17, 15) is 9.59 Å². The molecule has 3 atom stereocenters. The number of ether oxygens (including phenoxy) is 1. The summed E-state index contributed by atoms with van der Waals surface area (Å²) in [6.45, 7) is 1.43. The Kier molecular flexibility index (Phi) is 4.65. The van der Waals surface area contributed by atoms with Crippen molar-refractivity contribution in [2.75, 3.05) is 0 Å². The van der Waals surface area contributed by atoms with E-state index in [1.54, 1.807) is 0 Å². The Bertz CT molecular complexity index is 415. The fourth-order valence-corrected chi connectivity index (χ4v) is 3.12. The lowest BCUT2D eigenvalue weighted by Crippen LogP contribution is -2.56. The van der Waals surface area contributed by atoms with Crippen LogP contribution in [0.2, 0.25) is 0 Å². The zero-order valence-corrected chi connectivity index (χ0v) is 11.7. The van der Waals surface area contributed by atoms with Crippen molar-refractivity contribution in [3.05, 3.63) is 11.8 Å². The second-order valence-electron chi connectivity index (χ2n) is 5.68. The average Bonchev–Trinajstić information content (AvgIpc) is 2.85. The van der Waals surface area contributed by atoms with Gasteiger partial charge < -0.3 is 20.9 Å². The van der Waals surface area contributed by atoms with Crippen LogP contribution in [-0.4, -0.2) is 35.2 Å². The van der Waals surface area contributed by atoms with Gasteiger partial charge in [-0.2, -0.15) is 0 Å². The number of carboxylic acid groups (broad SMARTS) is 1. The number of nitrogens with two attached hydrogens (primary N) is 1. The number of aliphatic carboxylic acids is 1. The molecule has 2 rings (SSSR count). The van der Waals surface area contributed by atoms with Crippen LogP contribution in [0.25, 0.3) is 0 Å². The van der Waals surface area contributed by atoms with E-state index in [1.165, 1.54) is 25.8 Å². The zero-order valence-electron chi connectivity index (χ0n) is 11.7. The second-order valence-corrected chi connectivity index (χ2v) is 5.68. The molecule has 2 aliphatic rings. The minimum absolute atomic E-state index is 0.109. The lowest BCUT2D eigenvalue weighted by molar-refractivity contribution is -0.139. The average molecular weight is 282 g/mol. The lowest BCUT2D eigenvalue weighted by Gasteiger charge is -2.36. The smallest absolute Gasteiger partial charge is 0.370 e. The number of hydrogen-bond acceptors (Lipinski definition) is 4. The summed E-state index contributed by atoms with van der Waals surface area (Å²) in [6, 6.07) is -0.902. The Morgan fingerprint density at radius 1 is 1.45 bits per heavy atom. The highest BCUT2D eigenvalue weighted by atomic mass is 16.5. The summed E-state index contributed by atoms with van der Waals surface area (Å²) in [5, 5.41) is 11.9. The van der Waals surface area contributed by atoms with E-state index in [-0.39, 0.29) is 23.8 Å². The first-order valence-electron chi connectivity index (χ1n) is 7.12. The van der Waals surface area contributed by atoms with Gasteiger partial charge in [-0.1, -0.05) is 25.7 Å². The maximum Gasteiger partial charge on any atom is 0.370 e. The molecule has 0 aromatic rings. The highest BCUT2D eigenvalue weighted by Crippen LogP contribution is 2.32. The minimum atomic E-state index is -1.11. The molecule has 4 N–H and O–H groups in total. The summed E-state index contributed by atoms with van der Waals surface area (Å²) >= 11 is 0. The SMILES string of the molecule is CC(=O)N[C@H]1[C@H](CC2CCCC2)OC(C(=O)O)=C[C@@H]1N. The number of amides is 1. The van der Waals surface area contributed by atoms with Gasteiger partial charge in [-0.05, 0) is 18.4 Å². The summed E-state index contributed by atoms with van der Waals surface area (Å²) in [5.41, 5.74) is 5.99. The summed E-state index contributed by atoms with van der Waals surface area (Å²) in [7, 11) is 0. The van der Waals surface area contributed by atoms with E-state index in [0.717, 1.165) is 19.3 Å². The molecule has 1 amide bonds. The second kappa shape index (κ2) is 6.26. The van der Waals surface area contributed by atoms with Crippen molar-refractivity contribution < 1.29 is 19.4 Å². The van der Waals surface area contributed by atoms with Crippen molar-refractivity contribution >= 4 is 11.9 Å². The molecule has 0 spiro atoms. The first-order chi connectivity index (χ1) is 9.47. The van der Waals surface area contributed by atoms with Crippen LogP contribution in [0, 0.1) is 5.92 Å². The Morgan fingerprint density at radius 3 is 2.65 bits per heavy atom. The van der Waals surface area contributed by atoms with E-state index in [0.29, 0.717) is 5.92 Å². The van der Waals surface area contributed by atoms with Crippen LogP contribution < -0.4 is 11.1 Å². The van der Waals surface area contributed by atoms with E-state index < -0.39 is 12.0 Å². The van der Waals surface area contributed by atoms with Crippen LogP contribution in [-0.2, 0) is 14.3 Å². The number of nitrogens with one attached hydrogen (secondary N) is 1. The topological polar surface area (TPSA) is 102 Å². The van der Waals surface area contributed by atoms with Crippen LogP contribution in [0.15, 0.2) is 11.8 Å². The zero-order chi connectivity index (χ0) is 14.7. The quantitative estimate of drug-likeness (QED) is 0.707. The maximum atomic E-state index is 11.3. The fraction of sp³-hybridized carbons (Fsp3) is 0.714. The molecule has 6 nitrogen and oxygen atoms in total. The molecule has 112 valence electrons. The standard InChI is InChI=1S/C14H22N2O4/c1-8(17)16-13-10(15)7-12(14(18)19)20-11(13)6-9-4-2-3-5-9/h7,9-11,13H,2-6,15H2,1H3,(H,16,17)(H,18,19)/t10-,11-,13+/m0/s1. The third-order valence-corrected chi connectivity index (χ3v) is 4.06. The molecule has 0 unspecified atom stereocenters. The number of rotatable bonds is 4. The third kappa shape index (κ3) is 3.50. The van der Waals surface area contributed by atoms with Crippen LogP contribution in [0.5, 0.6) is 0 Å². The van der Waals surface area contributed by atoms with Gasteiger partial charge in [-0.15, -0.1) is 0 Å². The van der Waals surface area contributed by atoms with Crippen molar-refractivity contribution in [3.8, 4) is 0 Å². The first kappa shape index (κ1) is 14.8. The highest BCUT2D eigenvalue weighted by molar-refractivity contribution is 5.84. The normalized spacial score (nSPS) is 30.5. The first-order valence-corrected chi connectivity index (χ1v) is 7.12. The molecule has 1 heterocycles. The molecule has 1 fully saturated rings. The molecule has 0 bridgehead atoms. The van der Waals surface area contributed by atoms with Gasteiger partial charge in [0.1, 0.15) is 6.10 Å². The molecule has 0 saturated heterocycles. The van der Waals surface area contributed by atoms with Gasteiger partial charge in [0.25, 0.3) is 0 Å². The van der Waals surface area contributed by atoms with Gasteiger partial charge in [-0.3, -0.25) is 4.79 Å². The van der Waals surface area contributed by atoms with Crippen molar-refractivity contribution in [1.82, 2.24) is 5.32 Å². The van der Waals surface area contributed by atoms with E-state index in [1.807, 2.05) is 0 Å². The largest absolute Gasteiger partial charge is 0.481 e. The van der Waals surface area contributed by atoms with Crippen molar-refractivity contribution in [2.45, 2.75) is 57.2 Å². The summed E-state index contributed by atoms with van der Waals surface area (Å²) in [5.74, 6) is -0.880. The Labute approximate surface area is 118 Å². The minimum Gasteiger partial charge on any atom is -0.481 e. The number of carboxylic acids is 1. The fourth-order valence-electron chi connectivity index (χ4n) is 3.12. The Morgan fingerprint density at radius 2 is 2.10 bits per heavy atom. The van der Waals surface area contributed by atoms with Gasteiger partial charge >= 0.3 is 5.97 Å². The van der Waals surface area contributed by atoms with Crippen molar-refractivity contribution in [1.29, 1.82) is 0 Å². The molecular weight excluding hydrogens is 260 g/mol. The molecule has 20 heavy (non-hydrogen) atoms. The molecule has 1 saturated carbocycles. The molecule has 0 aromatic heterocycles. The summed E-state index contributed by atoms with van der Waals surface area (Å²) in [6.07, 6.45) is 6.42. The van der Waals surface area contributed by atoms with Gasteiger partial charge in [-0.25, -0.2) is 4.79 Å². The van der Waals surface area contributed by atoms with Gasteiger partial charge in [0, 0.05) is 6.92 Å². The Balaban J connectivity index is 2.12. The maximum absolute atomic E-state index is 11.3. The number of carbonyl (C=O) groups excluding carboxylic acids is 1. The van der Waals surface area contributed by atoms with Crippen LogP contribution >= 0.6 is 0 Å². The van der Waals surface area contributed by atoms with Crippen LogP contribution in [0.1, 0.15) is 39.0 Å². The molecule has 1 aliphatic heterocycles. The van der Waals surface area contributed by atoms with Gasteiger partial charge in [0.2, 0.25) is 11.7 Å². The van der Waals surface area contributed by atoms with E-state index >= 15 is 0 Å². The monoisotopic (exact) mass is 282 g/mol.